The fourth-order valence-electron chi connectivity index (χ4n) is 2.60. The van der Waals surface area contributed by atoms with Crippen molar-refractivity contribution in [3.8, 4) is 0 Å². The minimum atomic E-state index is 0.468. The maximum atomic E-state index is 3.72. The van der Waals surface area contributed by atoms with Gasteiger partial charge in [-0.3, -0.25) is 0 Å². The van der Waals surface area contributed by atoms with Crippen molar-refractivity contribution in [2.45, 2.75) is 50.5 Å². The van der Waals surface area contributed by atoms with Crippen molar-refractivity contribution in [2.24, 2.45) is 5.41 Å². The lowest BCUT2D eigenvalue weighted by atomic mass is 9.99. The van der Waals surface area contributed by atoms with E-state index in [1.165, 1.54) is 42.7 Å². The summed E-state index contributed by atoms with van der Waals surface area (Å²) < 4.78 is 0. The molecule has 1 aromatic rings. The van der Waals surface area contributed by atoms with Crippen LogP contribution in [-0.4, -0.2) is 12.8 Å². The first-order chi connectivity index (χ1) is 8.69. The van der Waals surface area contributed by atoms with Gasteiger partial charge in [0.05, 0.1) is 0 Å². The highest BCUT2D eigenvalue weighted by Crippen LogP contribution is 2.49. The van der Waals surface area contributed by atoms with Crippen molar-refractivity contribution in [2.75, 3.05) is 12.8 Å². The third-order valence-electron chi connectivity index (χ3n) is 4.14. The highest BCUT2D eigenvalue weighted by atomic mass is 32.2. The maximum absolute atomic E-state index is 3.72. The second-order valence-electron chi connectivity index (χ2n) is 5.63. The Hall–Kier alpha value is -0.470. The van der Waals surface area contributed by atoms with Gasteiger partial charge in [-0.2, -0.15) is 0 Å². The number of thioether (sulfide) groups is 1. The number of hydrogen-bond acceptors (Lipinski definition) is 2. The van der Waals surface area contributed by atoms with E-state index in [-0.39, 0.29) is 0 Å². The molecule has 0 aromatic heterocycles. The molecule has 1 aromatic carbocycles. The monoisotopic (exact) mass is 263 g/mol. The van der Waals surface area contributed by atoms with Gasteiger partial charge < -0.3 is 5.32 Å². The number of hydrogen-bond donors (Lipinski definition) is 1. The second kappa shape index (κ2) is 6.12. The lowest BCUT2D eigenvalue weighted by Gasteiger charge is -2.20. The summed E-state index contributed by atoms with van der Waals surface area (Å²) >= 11 is 1.80. The first-order valence-corrected chi connectivity index (χ1v) is 8.29. The molecular formula is C16H25NS. The van der Waals surface area contributed by atoms with Gasteiger partial charge in [0.1, 0.15) is 0 Å². The molecular weight excluding hydrogens is 238 g/mol. The molecule has 0 heterocycles. The predicted molar refractivity (Wildman–Crippen MR) is 81.2 cm³/mol. The molecule has 1 fully saturated rings. The van der Waals surface area contributed by atoms with Gasteiger partial charge >= 0.3 is 0 Å². The van der Waals surface area contributed by atoms with Crippen LogP contribution in [0, 0.1) is 5.41 Å². The molecule has 1 nitrogen and oxygen atoms in total. The van der Waals surface area contributed by atoms with E-state index >= 15 is 0 Å². The summed E-state index contributed by atoms with van der Waals surface area (Å²) in [4.78, 5) is 1.34. The third kappa shape index (κ3) is 3.52. The molecule has 1 unspecified atom stereocenters. The van der Waals surface area contributed by atoms with Crippen molar-refractivity contribution < 1.29 is 0 Å². The van der Waals surface area contributed by atoms with Gasteiger partial charge in [0.15, 0.2) is 0 Å². The average molecular weight is 263 g/mol. The molecule has 0 bridgehead atoms. The van der Waals surface area contributed by atoms with Gasteiger partial charge in [-0.15, -0.1) is 11.8 Å². The Labute approximate surface area is 116 Å². The molecule has 18 heavy (non-hydrogen) atoms. The fourth-order valence-corrected chi connectivity index (χ4v) is 3.01. The van der Waals surface area contributed by atoms with E-state index in [1.807, 2.05) is 0 Å². The first-order valence-electron chi connectivity index (χ1n) is 7.06. The molecule has 0 radical (unpaired) electrons. The van der Waals surface area contributed by atoms with Gasteiger partial charge in [0.2, 0.25) is 0 Å². The van der Waals surface area contributed by atoms with Crippen LogP contribution in [0.1, 0.15) is 51.1 Å². The van der Waals surface area contributed by atoms with E-state index in [2.05, 4.69) is 49.7 Å². The molecule has 100 valence electrons. The summed E-state index contributed by atoms with van der Waals surface area (Å²) in [5.74, 6) is 0. The van der Waals surface area contributed by atoms with E-state index < -0.39 is 0 Å². The van der Waals surface area contributed by atoms with Crippen LogP contribution in [0.5, 0.6) is 0 Å². The van der Waals surface area contributed by atoms with Crippen molar-refractivity contribution in [1.29, 1.82) is 0 Å². The van der Waals surface area contributed by atoms with Crippen molar-refractivity contribution in [3.05, 3.63) is 29.8 Å². The second-order valence-corrected chi connectivity index (χ2v) is 6.51. The molecule has 1 saturated carbocycles. The Bertz CT molecular complexity index is 367. The van der Waals surface area contributed by atoms with Crippen molar-refractivity contribution >= 4 is 11.8 Å². The van der Waals surface area contributed by atoms with Crippen LogP contribution >= 0.6 is 11.8 Å². The highest BCUT2D eigenvalue weighted by molar-refractivity contribution is 7.98. The molecule has 1 aliphatic carbocycles. The Kier molecular flexibility index (Phi) is 4.74. The lowest BCUT2D eigenvalue weighted by Crippen LogP contribution is -2.26. The van der Waals surface area contributed by atoms with E-state index in [0.717, 1.165) is 0 Å². The average Bonchev–Trinajstić information content (AvgIpc) is 3.17. The molecule has 2 rings (SSSR count). The Morgan fingerprint density at radius 3 is 2.44 bits per heavy atom. The number of benzene rings is 1. The molecule has 1 N–H and O–H groups in total. The van der Waals surface area contributed by atoms with Crippen molar-refractivity contribution in [3.63, 3.8) is 0 Å². The summed E-state index contributed by atoms with van der Waals surface area (Å²) in [6.07, 6.45) is 7.67. The summed E-state index contributed by atoms with van der Waals surface area (Å²) in [6.45, 7) is 5.76. The predicted octanol–water partition coefficient (Wildman–Crippen LogP) is 4.64. The molecule has 0 aliphatic heterocycles. The zero-order chi connectivity index (χ0) is 13.0. The van der Waals surface area contributed by atoms with Gasteiger partial charge in [-0.1, -0.05) is 25.5 Å². The largest absolute Gasteiger partial charge is 0.310 e. The number of rotatable bonds is 7. The molecule has 2 heteroatoms. The summed E-state index contributed by atoms with van der Waals surface area (Å²) in [6, 6.07) is 9.41. The minimum absolute atomic E-state index is 0.468. The van der Waals surface area contributed by atoms with E-state index in [9.17, 15) is 0 Å². The Morgan fingerprint density at radius 1 is 1.28 bits per heavy atom. The molecule has 0 spiro atoms. The Morgan fingerprint density at radius 2 is 1.94 bits per heavy atom. The fraction of sp³-hybridized carbons (Fsp3) is 0.625. The SMILES string of the molecule is CCCC1(CNC(C)c2ccc(SC)cc2)CC1. The normalized spacial score (nSPS) is 18.6. The van der Waals surface area contributed by atoms with Crippen LogP contribution in [0.4, 0.5) is 0 Å². The summed E-state index contributed by atoms with van der Waals surface area (Å²) in [5, 5.41) is 3.72. The Balaban J connectivity index is 1.85. The van der Waals surface area contributed by atoms with Crippen LogP contribution < -0.4 is 5.32 Å². The lowest BCUT2D eigenvalue weighted by molar-refractivity contribution is 0.397. The smallest absolute Gasteiger partial charge is 0.0292 e. The van der Waals surface area contributed by atoms with Gasteiger partial charge in [0.25, 0.3) is 0 Å². The van der Waals surface area contributed by atoms with Crippen LogP contribution in [0.25, 0.3) is 0 Å². The zero-order valence-electron chi connectivity index (χ0n) is 11.8. The third-order valence-corrected chi connectivity index (χ3v) is 4.88. The maximum Gasteiger partial charge on any atom is 0.0292 e. The van der Waals surface area contributed by atoms with E-state index in [1.54, 1.807) is 11.8 Å². The summed E-state index contributed by atoms with van der Waals surface area (Å²) in [5.41, 5.74) is 2.04. The standard InChI is InChI=1S/C16H25NS/c1-4-9-16(10-11-16)12-17-13(2)14-5-7-15(18-3)8-6-14/h5-8,13,17H,4,9-12H2,1-3H3. The summed E-state index contributed by atoms with van der Waals surface area (Å²) in [7, 11) is 0. The highest BCUT2D eigenvalue weighted by Gasteiger charge is 2.41. The zero-order valence-corrected chi connectivity index (χ0v) is 12.6. The topological polar surface area (TPSA) is 12.0 Å². The number of nitrogens with one attached hydrogen (secondary N) is 1. The van der Waals surface area contributed by atoms with Crippen molar-refractivity contribution in [1.82, 2.24) is 5.32 Å². The minimum Gasteiger partial charge on any atom is -0.310 e. The van der Waals surface area contributed by atoms with Gasteiger partial charge in [0, 0.05) is 17.5 Å². The van der Waals surface area contributed by atoms with E-state index in [4.69, 9.17) is 0 Å². The van der Waals surface area contributed by atoms with Crippen LogP contribution in [0.3, 0.4) is 0 Å². The van der Waals surface area contributed by atoms with E-state index in [0.29, 0.717) is 11.5 Å². The molecule has 0 saturated heterocycles. The molecule has 0 amide bonds. The molecule has 1 atom stereocenters. The van der Waals surface area contributed by atoms with Crippen LogP contribution in [-0.2, 0) is 0 Å². The quantitative estimate of drug-likeness (QED) is 0.719. The molecule has 1 aliphatic rings. The van der Waals surface area contributed by atoms with Gasteiger partial charge in [-0.25, -0.2) is 0 Å². The van der Waals surface area contributed by atoms with Crippen LogP contribution in [0.2, 0.25) is 0 Å². The first kappa shape index (κ1) is 14.0. The van der Waals surface area contributed by atoms with Crippen LogP contribution in [0.15, 0.2) is 29.2 Å². The van der Waals surface area contributed by atoms with Gasteiger partial charge in [-0.05, 0) is 55.6 Å².